The Hall–Kier alpha value is -1.15. The van der Waals surface area contributed by atoms with E-state index in [1.54, 1.807) is 0 Å². The minimum atomic E-state index is -3.58. The Morgan fingerprint density at radius 1 is 1.17 bits per heavy atom. The van der Waals surface area contributed by atoms with Crippen LogP contribution in [0.4, 0.5) is 10.1 Å². The molecule has 102 valence electrons. The Morgan fingerprint density at radius 2 is 1.78 bits per heavy atom. The smallest absolute Gasteiger partial charge is 0.155 e. The largest absolute Gasteiger partial charge is 0.398 e. The van der Waals surface area contributed by atoms with Crippen molar-refractivity contribution in [1.82, 2.24) is 0 Å². The molecule has 1 aromatic carbocycles. The minimum absolute atomic E-state index is 0.0398. The highest BCUT2D eigenvalue weighted by molar-refractivity contribution is 7.94. The first kappa shape index (κ1) is 14.9. The third kappa shape index (κ3) is 5.01. The lowest BCUT2D eigenvalue weighted by molar-refractivity contribution is 0.589. The molecule has 0 heterocycles. The van der Waals surface area contributed by atoms with Crippen LogP contribution in [-0.2, 0) is 25.4 Å². The van der Waals surface area contributed by atoms with E-state index in [0.717, 1.165) is 18.4 Å². The van der Waals surface area contributed by atoms with Gasteiger partial charge < -0.3 is 5.73 Å². The molecule has 0 aliphatic carbocycles. The fourth-order valence-corrected chi connectivity index (χ4v) is 4.39. The maximum atomic E-state index is 12.8. The standard InChI is InChI=1S/C10H14FNO4S2/c1-17(13,14)4-5-18(15,16)7-8-2-3-9(11)6-10(8)12/h2-3,6H,4-5,7,12H2,1H3. The molecule has 0 fully saturated rings. The molecule has 1 aromatic rings. The van der Waals surface area contributed by atoms with E-state index in [0.29, 0.717) is 0 Å². The Balaban J connectivity index is 2.83. The Morgan fingerprint density at radius 3 is 2.28 bits per heavy atom. The number of sulfone groups is 2. The van der Waals surface area contributed by atoms with E-state index < -0.39 is 42.8 Å². The van der Waals surface area contributed by atoms with Crippen LogP contribution in [0.25, 0.3) is 0 Å². The Kier molecular flexibility index (Phi) is 4.33. The fourth-order valence-electron chi connectivity index (χ4n) is 1.28. The van der Waals surface area contributed by atoms with Crippen LogP contribution < -0.4 is 5.73 Å². The van der Waals surface area contributed by atoms with Gasteiger partial charge in [-0.05, 0) is 17.7 Å². The summed E-state index contributed by atoms with van der Waals surface area (Å²) in [5.74, 6) is -1.85. The van der Waals surface area contributed by atoms with Crippen molar-refractivity contribution in [3.05, 3.63) is 29.6 Å². The van der Waals surface area contributed by atoms with E-state index in [4.69, 9.17) is 5.73 Å². The zero-order valence-corrected chi connectivity index (χ0v) is 11.4. The molecule has 0 radical (unpaired) electrons. The lowest BCUT2D eigenvalue weighted by Gasteiger charge is -2.06. The average Bonchev–Trinajstić information content (AvgIpc) is 2.19. The second-order valence-electron chi connectivity index (χ2n) is 4.07. The van der Waals surface area contributed by atoms with E-state index in [-0.39, 0.29) is 11.3 Å². The molecule has 0 saturated carbocycles. The molecule has 0 saturated heterocycles. The summed E-state index contributed by atoms with van der Waals surface area (Å²) < 4.78 is 57.9. The number of nitrogens with two attached hydrogens (primary N) is 1. The summed E-state index contributed by atoms with van der Waals surface area (Å²) in [4.78, 5) is 0. The van der Waals surface area contributed by atoms with Crippen molar-refractivity contribution in [2.45, 2.75) is 5.75 Å². The second kappa shape index (κ2) is 5.23. The Bertz CT molecular complexity index is 638. The first-order valence-electron chi connectivity index (χ1n) is 5.01. The van der Waals surface area contributed by atoms with Crippen molar-refractivity contribution >= 4 is 25.4 Å². The summed E-state index contributed by atoms with van der Waals surface area (Å²) in [6, 6.07) is 3.42. The quantitative estimate of drug-likeness (QED) is 0.792. The van der Waals surface area contributed by atoms with Crippen molar-refractivity contribution < 1.29 is 21.2 Å². The molecule has 0 aliphatic rings. The van der Waals surface area contributed by atoms with Crippen LogP contribution in [0.3, 0.4) is 0 Å². The van der Waals surface area contributed by atoms with Crippen molar-refractivity contribution in [3.8, 4) is 0 Å². The molecule has 1 rings (SSSR count). The molecule has 0 spiro atoms. The normalized spacial score (nSPS) is 12.6. The fraction of sp³-hybridized carbons (Fsp3) is 0.400. The third-order valence-electron chi connectivity index (χ3n) is 2.25. The summed E-state index contributed by atoms with van der Waals surface area (Å²) in [7, 11) is -6.92. The van der Waals surface area contributed by atoms with Gasteiger partial charge in [0.1, 0.15) is 15.7 Å². The number of rotatable bonds is 5. The molecule has 0 aliphatic heterocycles. The van der Waals surface area contributed by atoms with E-state index in [1.165, 1.54) is 6.07 Å². The highest BCUT2D eigenvalue weighted by Crippen LogP contribution is 2.16. The maximum absolute atomic E-state index is 12.8. The van der Waals surface area contributed by atoms with Crippen LogP contribution in [0.2, 0.25) is 0 Å². The highest BCUT2D eigenvalue weighted by Gasteiger charge is 2.17. The molecule has 0 bridgehead atoms. The molecule has 2 N–H and O–H groups in total. The molecule has 0 unspecified atom stereocenters. The zero-order chi connectivity index (χ0) is 14.0. The van der Waals surface area contributed by atoms with Gasteiger partial charge in [0.25, 0.3) is 0 Å². The van der Waals surface area contributed by atoms with Crippen LogP contribution in [0, 0.1) is 5.82 Å². The van der Waals surface area contributed by atoms with Crippen molar-refractivity contribution in [1.29, 1.82) is 0 Å². The number of benzene rings is 1. The summed E-state index contributed by atoms with van der Waals surface area (Å²) >= 11 is 0. The molecule has 5 nitrogen and oxygen atoms in total. The van der Waals surface area contributed by atoms with Gasteiger partial charge in [0, 0.05) is 11.9 Å². The van der Waals surface area contributed by atoms with E-state index >= 15 is 0 Å². The highest BCUT2D eigenvalue weighted by atomic mass is 32.2. The van der Waals surface area contributed by atoms with Gasteiger partial charge >= 0.3 is 0 Å². The molecule has 18 heavy (non-hydrogen) atoms. The molecule has 0 atom stereocenters. The monoisotopic (exact) mass is 295 g/mol. The number of nitrogen functional groups attached to an aromatic ring is 1. The van der Waals surface area contributed by atoms with Crippen LogP contribution >= 0.6 is 0 Å². The molecule has 0 aromatic heterocycles. The van der Waals surface area contributed by atoms with Gasteiger partial charge in [-0.3, -0.25) is 0 Å². The number of anilines is 1. The third-order valence-corrected chi connectivity index (χ3v) is 5.03. The van der Waals surface area contributed by atoms with Gasteiger partial charge in [-0.25, -0.2) is 21.2 Å². The first-order chi connectivity index (χ1) is 8.09. The van der Waals surface area contributed by atoms with Gasteiger partial charge in [-0.2, -0.15) is 0 Å². The molecular formula is C10H14FNO4S2. The molecule has 0 amide bonds. The SMILES string of the molecule is CS(=O)(=O)CCS(=O)(=O)Cc1ccc(F)cc1N. The Labute approximate surface area is 106 Å². The lowest BCUT2D eigenvalue weighted by Crippen LogP contribution is -2.18. The van der Waals surface area contributed by atoms with Crippen LogP contribution in [0.1, 0.15) is 5.56 Å². The minimum Gasteiger partial charge on any atom is -0.398 e. The lowest BCUT2D eigenvalue weighted by atomic mass is 10.2. The van der Waals surface area contributed by atoms with Gasteiger partial charge in [0.2, 0.25) is 0 Å². The predicted octanol–water partition coefficient (Wildman–Crippen LogP) is 0.367. The second-order valence-corrected chi connectivity index (χ2v) is 8.51. The summed E-state index contributed by atoms with van der Waals surface area (Å²) in [5, 5.41) is 0. The number of halogens is 1. The van der Waals surface area contributed by atoms with E-state index in [9.17, 15) is 21.2 Å². The summed E-state index contributed by atoms with van der Waals surface area (Å²) in [5.41, 5.74) is 5.80. The van der Waals surface area contributed by atoms with Gasteiger partial charge in [0.05, 0.1) is 17.3 Å². The maximum Gasteiger partial charge on any atom is 0.155 e. The van der Waals surface area contributed by atoms with Gasteiger partial charge in [0.15, 0.2) is 9.84 Å². The average molecular weight is 295 g/mol. The van der Waals surface area contributed by atoms with Crippen molar-refractivity contribution in [2.75, 3.05) is 23.5 Å². The first-order valence-corrected chi connectivity index (χ1v) is 8.89. The van der Waals surface area contributed by atoms with E-state index in [2.05, 4.69) is 0 Å². The van der Waals surface area contributed by atoms with Crippen LogP contribution in [-0.4, -0.2) is 34.6 Å². The number of hydrogen-bond donors (Lipinski definition) is 1. The zero-order valence-electron chi connectivity index (χ0n) is 9.76. The molecule has 8 heteroatoms. The van der Waals surface area contributed by atoms with Gasteiger partial charge in [-0.1, -0.05) is 6.07 Å². The van der Waals surface area contributed by atoms with Gasteiger partial charge in [-0.15, -0.1) is 0 Å². The molecular weight excluding hydrogens is 281 g/mol. The predicted molar refractivity (Wildman–Crippen MR) is 68.0 cm³/mol. The van der Waals surface area contributed by atoms with Crippen LogP contribution in [0.5, 0.6) is 0 Å². The van der Waals surface area contributed by atoms with Crippen molar-refractivity contribution in [3.63, 3.8) is 0 Å². The number of hydrogen-bond acceptors (Lipinski definition) is 5. The van der Waals surface area contributed by atoms with E-state index in [1.807, 2.05) is 0 Å². The summed E-state index contributed by atoms with van der Waals surface area (Å²) in [6.45, 7) is 0. The summed E-state index contributed by atoms with van der Waals surface area (Å²) in [6.07, 6.45) is 0.967. The van der Waals surface area contributed by atoms with Crippen LogP contribution in [0.15, 0.2) is 18.2 Å². The topological polar surface area (TPSA) is 94.3 Å². The van der Waals surface area contributed by atoms with Crippen molar-refractivity contribution in [2.24, 2.45) is 0 Å².